The lowest BCUT2D eigenvalue weighted by Gasteiger charge is -2.14. The summed E-state index contributed by atoms with van der Waals surface area (Å²) in [6, 6.07) is 11.4. The van der Waals surface area contributed by atoms with Gasteiger partial charge in [0, 0.05) is 12.2 Å². The molecule has 0 fully saturated rings. The van der Waals surface area contributed by atoms with Gasteiger partial charge in [-0.15, -0.1) is 0 Å². The minimum Gasteiger partial charge on any atom is -0.480 e. The molecule has 1 aromatic heterocycles. The van der Waals surface area contributed by atoms with Gasteiger partial charge in [-0.3, -0.25) is 10.1 Å². The van der Waals surface area contributed by atoms with Crippen LogP contribution in [0.4, 0.5) is 0 Å². The molecular formula is C15H16N2O4. The van der Waals surface area contributed by atoms with Crippen LogP contribution in [0.5, 0.6) is 0 Å². The molecule has 0 amide bonds. The molecule has 1 heterocycles. The molecule has 0 saturated heterocycles. The molecule has 6 heteroatoms. The third-order valence-electron chi connectivity index (χ3n) is 3.03. The Bertz CT molecular complexity index is 622. The number of benzene rings is 1. The Balaban J connectivity index is 2.04. The number of methoxy groups -OCH3 is 1. The maximum Gasteiger partial charge on any atom is 0.354 e. The van der Waals surface area contributed by atoms with Crippen LogP contribution in [0.15, 0.2) is 42.5 Å². The van der Waals surface area contributed by atoms with Gasteiger partial charge in [-0.25, -0.2) is 4.79 Å². The summed E-state index contributed by atoms with van der Waals surface area (Å²) in [5.74, 6) is -1.42. The lowest BCUT2D eigenvalue weighted by Crippen LogP contribution is -2.28. The van der Waals surface area contributed by atoms with Crippen molar-refractivity contribution < 1.29 is 19.4 Å². The van der Waals surface area contributed by atoms with Gasteiger partial charge in [0.05, 0.1) is 7.11 Å². The van der Waals surface area contributed by atoms with Gasteiger partial charge in [0.1, 0.15) is 11.7 Å². The van der Waals surface area contributed by atoms with Crippen LogP contribution in [0, 0.1) is 0 Å². The maximum absolute atomic E-state index is 11.3. The lowest BCUT2D eigenvalue weighted by molar-refractivity contribution is -0.139. The quantitative estimate of drug-likeness (QED) is 0.704. The molecule has 2 aromatic rings. The average molecular weight is 288 g/mol. The van der Waals surface area contributed by atoms with E-state index in [9.17, 15) is 14.7 Å². The molecule has 0 aliphatic rings. The van der Waals surface area contributed by atoms with Crippen LogP contribution >= 0.6 is 0 Å². The smallest absolute Gasteiger partial charge is 0.354 e. The Morgan fingerprint density at radius 3 is 2.57 bits per heavy atom. The molecule has 3 N–H and O–H groups in total. The molecule has 21 heavy (non-hydrogen) atoms. The van der Waals surface area contributed by atoms with Gasteiger partial charge in [0.15, 0.2) is 0 Å². The standard InChI is InChI=1S/C15H16N2O4/c1-21-15(20)12-8-7-11(17-12)9-16-13(14(18)19)10-5-3-2-4-6-10/h2-8,13,16-17H,9H2,1H3,(H,18,19). The number of hydrogen-bond donors (Lipinski definition) is 3. The fourth-order valence-electron chi connectivity index (χ4n) is 1.98. The van der Waals surface area contributed by atoms with Crippen LogP contribution in [0.3, 0.4) is 0 Å². The molecule has 0 aliphatic carbocycles. The molecule has 1 unspecified atom stereocenters. The number of H-pyrrole nitrogens is 1. The van der Waals surface area contributed by atoms with Crippen LogP contribution in [-0.4, -0.2) is 29.1 Å². The number of carboxylic acid groups (broad SMARTS) is 1. The fourth-order valence-corrected chi connectivity index (χ4v) is 1.98. The topological polar surface area (TPSA) is 91.4 Å². The number of aliphatic carboxylic acids is 1. The van der Waals surface area contributed by atoms with Crippen LogP contribution < -0.4 is 5.32 Å². The van der Waals surface area contributed by atoms with E-state index in [1.165, 1.54) is 7.11 Å². The number of ether oxygens (including phenoxy) is 1. The minimum absolute atomic E-state index is 0.294. The van der Waals surface area contributed by atoms with Gasteiger partial charge in [-0.2, -0.15) is 0 Å². The summed E-state index contributed by atoms with van der Waals surface area (Å²) >= 11 is 0. The molecule has 0 spiro atoms. The molecular weight excluding hydrogens is 272 g/mol. The summed E-state index contributed by atoms with van der Waals surface area (Å²) in [5, 5.41) is 12.2. The second-order valence-electron chi connectivity index (χ2n) is 4.45. The Morgan fingerprint density at radius 1 is 1.24 bits per heavy atom. The van der Waals surface area contributed by atoms with Gasteiger partial charge in [0.2, 0.25) is 0 Å². The Labute approximate surface area is 121 Å². The van der Waals surface area contributed by atoms with Crippen LogP contribution in [0.1, 0.15) is 27.8 Å². The number of carboxylic acids is 1. The predicted molar refractivity (Wildman–Crippen MR) is 75.8 cm³/mol. The van der Waals surface area contributed by atoms with Crippen molar-refractivity contribution in [2.45, 2.75) is 12.6 Å². The van der Waals surface area contributed by atoms with E-state index in [0.29, 0.717) is 23.5 Å². The van der Waals surface area contributed by atoms with E-state index in [2.05, 4.69) is 15.0 Å². The highest BCUT2D eigenvalue weighted by atomic mass is 16.5. The van der Waals surface area contributed by atoms with Gasteiger partial charge in [-0.1, -0.05) is 30.3 Å². The molecule has 6 nitrogen and oxygen atoms in total. The van der Waals surface area contributed by atoms with Crippen molar-refractivity contribution in [2.75, 3.05) is 7.11 Å². The number of aromatic nitrogens is 1. The van der Waals surface area contributed by atoms with Crippen molar-refractivity contribution in [1.29, 1.82) is 0 Å². The zero-order chi connectivity index (χ0) is 15.2. The van der Waals surface area contributed by atoms with Crippen molar-refractivity contribution in [3.63, 3.8) is 0 Å². The van der Waals surface area contributed by atoms with Crippen LogP contribution in [-0.2, 0) is 16.1 Å². The van der Waals surface area contributed by atoms with Gasteiger partial charge < -0.3 is 14.8 Å². The highest BCUT2D eigenvalue weighted by molar-refractivity contribution is 5.87. The summed E-state index contributed by atoms with van der Waals surface area (Å²) in [6.45, 7) is 0.294. The van der Waals surface area contributed by atoms with E-state index in [-0.39, 0.29) is 0 Å². The van der Waals surface area contributed by atoms with E-state index in [0.717, 1.165) is 0 Å². The summed E-state index contributed by atoms with van der Waals surface area (Å²) in [5.41, 5.74) is 1.71. The fraction of sp³-hybridized carbons (Fsp3) is 0.200. The number of rotatable bonds is 6. The van der Waals surface area contributed by atoms with Crippen LogP contribution in [0.2, 0.25) is 0 Å². The second kappa shape index (κ2) is 6.71. The minimum atomic E-state index is -0.957. The van der Waals surface area contributed by atoms with Gasteiger partial charge >= 0.3 is 11.9 Å². The third-order valence-corrected chi connectivity index (χ3v) is 3.03. The number of carbonyl (C=O) groups is 2. The van der Waals surface area contributed by atoms with Crippen molar-refractivity contribution >= 4 is 11.9 Å². The molecule has 0 saturated carbocycles. The molecule has 110 valence electrons. The first-order valence-corrected chi connectivity index (χ1v) is 6.39. The monoisotopic (exact) mass is 288 g/mol. The third kappa shape index (κ3) is 3.70. The molecule has 0 radical (unpaired) electrons. The van der Waals surface area contributed by atoms with Gasteiger partial charge in [-0.05, 0) is 17.7 Å². The number of hydrogen-bond acceptors (Lipinski definition) is 4. The largest absolute Gasteiger partial charge is 0.480 e. The molecule has 1 atom stereocenters. The maximum atomic E-state index is 11.3. The van der Waals surface area contributed by atoms with Crippen molar-refractivity contribution in [3.8, 4) is 0 Å². The number of esters is 1. The second-order valence-corrected chi connectivity index (χ2v) is 4.45. The summed E-state index contributed by atoms with van der Waals surface area (Å²) in [4.78, 5) is 25.5. The molecule has 2 rings (SSSR count). The summed E-state index contributed by atoms with van der Waals surface area (Å²) < 4.78 is 4.60. The van der Waals surface area contributed by atoms with Crippen molar-refractivity contribution in [1.82, 2.24) is 10.3 Å². The van der Waals surface area contributed by atoms with Crippen LogP contribution in [0.25, 0.3) is 0 Å². The first kappa shape index (κ1) is 14.8. The highest BCUT2D eigenvalue weighted by Gasteiger charge is 2.19. The highest BCUT2D eigenvalue weighted by Crippen LogP contribution is 2.14. The lowest BCUT2D eigenvalue weighted by atomic mass is 10.1. The SMILES string of the molecule is COC(=O)c1ccc(CNC(C(=O)O)c2ccccc2)[nH]1. The Hall–Kier alpha value is -2.60. The summed E-state index contributed by atoms with van der Waals surface area (Å²) in [6.07, 6.45) is 0. The summed E-state index contributed by atoms with van der Waals surface area (Å²) in [7, 11) is 1.30. The number of nitrogens with one attached hydrogen (secondary N) is 2. The predicted octanol–water partition coefficient (Wildman–Crippen LogP) is 1.72. The zero-order valence-electron chi connectivity index (χ0n) is 11.5. The Kier molecular flexibility index (Phi) is 4.73. The van der Waals surface area contributed by atoms with Crippen molar-refractivity contribution in [3.05, 3.63) is 59.4 Å². The number of aromatic amines is 1. The van der Waals surface area contributed by atoms with E-state index in [1.54, 1.807) is 36.4 Å². The van der Waals surface area contributed by atoms with E-state index >= 15 is 0 Å². The first-order valence-electron chi connectivity index (χ1n) is 6.39. The average Bonchev–Trinajstić information content (AvgIpc) is 2.96. The van der Waals surface area contributed by atoms with E-state index in [1.807, 2.05) is 6.07 Å². The van der Waals surface area contributed by atoms with Gasteiger partial charge in [0.25, 0.3) is 0 Å². The molecule has 0 aliphatic heterocycles. The Morgan fingerprint density at radius 2 is 1.95 bits per heavy atom. The normalized spacial score (nSPS) is 11.9. The first-order chi connectivity index (χ1) is 10.1. The zero-order valence-corrected chi connectivity index (χ0v) is 11.5. The van der Waals surface area contributed by atoms with Crippen molar-refractivity contribution in [2.24, 2.45) is 0 Å². The molecule has 0 bridgehead atoms. The van der Waals surface area contributed by atoms with E-state index in [4.69, 9.17) is 0 Å². The molecule has 1 aromatic carbocycles. The number of carbonyl (C=O) groups excluding carboxylic acids is 1. The van der Waals surface area contributed by atoms with E-state index < -0.39 is 18.0 Å².